The molecule has 0 spiro atoms. The van der Waals surface area contributed by atoms with E-state index >= 15 is 0 Å². The van der Waals surface area contributed by atoms with Crippen molar-refractivity contribution in [2.45, 2.75) is 45.1 Å². The molecule has 27 heavy (non-hydrogen) atoms. The second-order valence-electron chi connectivity index (χ2n) is 6.36. The Labute approximate surface area is 168 Å². The summed E-state index contributed by atoms with van der Waals surface area (Å²) in [6.07, 6.45) is 4.43. The highest BCUT2D eigenvalue weighted by Gasteiger charge is 2.13. The Balaban J connectivity index is 0.00000364. The van der Waals surface area contributed by atoms with Crippen LogP contribution >= 0.6 is 12.4 Å². The number of hydrogen-bond donors (Lipinski definition) is 1. The highest BCUT2D eigenvalue weighted by molar-refractivity contribution is 5.85. The van der Waals surface area contributed by atoms with Crippen LogP contribution in [0.25, 0.3) is 0 Å². The summed E-state index contributed by atoms with van der Waals surface area (Å²) in [6, 6.07) is 18.2. The van der Waals surface area contributed by atoms with E-state index in [4.69, 9.17) is 15.2 Å². The van der Waals surface area contributed by atoms with Crippen LogP contribution in [0.5, 0.6) is 5.75 Å². The van der Waals surface area contributed by atoms with Gasteiger partial charge in [0.2, 0.25) is 0 Å². The molecule has 4 nitrogen and oxygen atoms in total. The first kappa shape index (κ1) is 23.0. The Morgan fingerprint density at radius 1 is 0.963 bits per heavy atom. The zero-order valence-electron chi connectivity index (χ0n) is 15.9. The van der Waals surface area contributed by atoms with Crippen LogP contribution in [0.1, 0.15) is 43.7 Å². The third kappa shape index (κ3) is 8.94. The molecule has 0 aliphatic carbocycles. The average molecular weight is 392 g/mol. The van der Waals surface area contributed by atoms with E-state index in [-0.39, 0.29) is 18.4 Å². The fraction of sp³-hybridized carbons (Fsp3) is 0.409. The SMILES string of the molecule is CCOC(=O)[C@@H](N)CCCCCOc1ccc(Cc2ccccc2)cc1.Cl. The molecule has 0 fully saturated rings. The summed E-state index contributed by atoms with van der Waals surface area (Å²) in [4.78, 5) is 11.4. The van der Waals surface area contributed by atoms with Crippen molar-refractivity contribution in [3.8, 4) is 5.75 Å². The van der Waals surface area contributed by atoms with Crippen molar-refractivity contribution in [2.75, 3.05) is 13.2 Å². The molecule has 5 heteroatoms. The summed E-state index contributed by atoms with van der Waals surface area (Å²) >= 11 is 0. The summed E-state index contributed by atoms with van der Waals surface area (Å²) in [5, 5.41) is 0. The van der Waals surface area contributed by atoms with Gasteiger partial charge < -0.3 is 15.2 Å². The van der Waals surface area contributed by atoms with Gasteiger partial charge in [-0.2, -0.15) is 0 Å². The minimum Gasteiger partial charge on any atom is -0.494 e. The first-order valence-electron chi connectivity index (χ1n) is 9.37. The van der Waals surface area contributed by atoms with E-state index in [2.05, 4.69) is 36.4 Å². The normalized spacial score (nSPS) is 11.3. The van der Waals surface area contributed by atoms with Crippen LogP contribution in [0.3, 0.4) is 0 Å². The molecule has 0 saturated carbocycles. The molecule has 2 N–H and O–H groups in total. The molecule has 148 valence electrons. The third-order valence-electron chi connectivity index (χ3n) is 4.19. The third-order valence-corrected chi connectivity index (χ3v) is 4.19. The predicted octanol–water partition coefficient (Wildman–Crippen LogP) is 4.53. The summed E-state index contributed by atoms with van der Waals surface area (Å²) < 4.78 is 10.7. The Hall–Kier alpha value is -2.04. The van der Waals surface area contributed by atoms with E-state index in [1.807, 2.05) is 18.2 Å². The van der Waals surface area contributed by atoms with Gasteiger partial charge in [-0.15, -0.1) is 12.4 Å². The van der Waals surface area contributed by atoms with Gasteiger partial charge in [0, 0.05) is 0 Å². The second kappa shape index (κ2) is 13.2. The average Bonchev–Trinajstić information content (AvgIpc) is 2.66. The van der Waals surface area contributed by atoms with E-state index < -0.39 is 6.04 Å². The van der Waals surface area contributed by atoms with Crippen molar-refractivity contribution >= 4 is 18.4 Å². The fourth-order valence-corrected chi connectivity index (χ4v) is 2.74. The minimum atomic E-state index is -0.506. The van der Waals surface area contributed by atoms with Crippen LogP contribution in [-0.2, 0) is 16.0 Å². The summed E-state index contributed by atoms with van der Waals surface area (Å²) in [7, 11) is 0. The summed E-state index contributed by atoms with van der Waals surface area (Å²) in [5.41, 5.74) is 8.35. The van der Waals surface area contributed by atoms with Crippen LogP contribution in [0.4, 0.5) is 0 Å². The standard InChI is InChI=1S/C22H29NO3.ClH/c1-2-25-22(24)21(23)11-7-4-8-16-26-20-14-12-19(13-15-20)17-18-9-5-3-6-10-18;/h3,5-6,9-10,12-15,21H,2,4,7-8,11,16-17,23H2,1H3;1H/t21-;/m0./s1. The zero-order valence-corrected chi connectivity index (χ0v) is 16.8. The zero-order chi connectivity index (χ0) is 18.6. The van der Waals surface area contributed by atoms with Gasteiger partial charge in [0.05, 0.1) is 13.2 Å². The largest absolute Gasteiger partial charge is 0.494 e. The summed E-state index contributed by atoms with van der Waals surface area (Å²) in [6.45, 7) is 2.84. The summed E-state index contributed by atoms with van der Waals surface area (Å²) in [5.74, 6) is 0.587. The molecule has 0 heterocycles. The Kier molecular flexibility index (Phi) is 11.2. The molecule has 2 aromatic rings. The van der Waals surface area contributed by atoms with E-state index in [1.165, 1.54) is 11.1 Å². The van der Waals surface area contributed by atoms with Gasteiger partial charge in [-0.25, -0.2) is 0 Å². The molecule has 0 amide bonds. The van der Waals surface area contributed by atoms with Gasteiger partial charge in [-0.3, -0.25) is 4.79 Å². The van der Waals surface area contributed by atoms with Gasteiger partial charge in [0.1, 0.15) is 11.8 Å². The molecule has 2 rings (SSSR count). The lowest BCUT2D eigenvalue weighted by molar-refractivity contribution is -0.144. The van der Waals surface area contributed by atoms with Crippen LogP contribution < -0.4 is 10.5 Å². The first-order chi connectivity index (χ1) is 12.7. The molecule has 0 aliphatic heterocycles. The Bertz CT molecular complexity index is 646. The van der Waals surface area contributed by atoms with Crippen molar-refractivity contribution in [1.29, 1.82) is 0 Å². The minimum absolute atomic E-state index is 0. The lowest BCUT2D eigenvalue weighted by Gasteiger charge is -2.10. The van der Waals surface area contributed by atoms with Crippen molar-refractivity contribution in [2.24, 2.45) is 5.73 Å². The van der Waals surface area contributed by atoms with Crippen molar-refractivity contribution in [3.63, 3.8) is 0 Å². The van der Waals surface area contributed by atoms with E-state index in [9.17, 15) is 4.79 Å². The van der Waals surface area contributed by atoms with Crippen LogP contribution in [0.2, 0.25) is 0 Å². The van der Waals surface area contributed by atoms with Gasteiger partial charge in [0.25, 0.3) is 0 Å². The molecule has 0 unspecified atom stereocenters. The monoisotopic (exact) mass is 391 g/mol. The molecule has 0 aliphatic rings. The number of nitrogens with two attached hydrogens (primary N) is 1. The molecule has 0 radical (unpaired) electrons. The van der Waals surface area contributed by atoms with Crippen LogP contribution in [0.15, 0.2) is 54.6 Å². The van der Waals surface area contributed by atoms with Crippen molar-refractivity contribution < 1.29 is 14.3 Å². The van der Waals surface area contributed by atoms with Crippen LogP contribution in [-0.4, -0.2) is 25.2 Å². The maximum absolute atomic E-state index is 11.4. The number of hydrogen-bond acceptors (Lipinski definition) is 4. The van der Waals surface area contributed by atoms with E-state index in [0.717, 1.165) is 31.4 Å². The maximum Gasteiger partial charge on any atom is 0.322 e. The van der Waals surface area contributed by atoms with Gasteiger partial charge >= 0.3 is 5.97 Å². The molecule has 2 aromatic carbocycles. The maximum atomic E-state index is 11.4. The molecule has 0 bridgehead atoms. The number of ether oxygens (including phenoxy) is 2. The first-order valence-corrected chi connectivity index (χ1v) is 9.37. The number of benzene rings is 2. The topological polar surface area (TPSA) is 61.5 Å². The number of carbonyl (C=O) groups excluding carboxylic acids is 1. The number of esters is 1. The van der Waals surface area contributed by atoms with Gasteiger partial charge in [-0.05, 0) is 55.9 Å². The smallest absolute Gasteiger partial charge is 0.322 e. The molecular weight excluding hydrogens is 362 g/mol. The fourth-order valence-electron chi connectivity index (χ4n) is 2.74. The molecule has 1 atom stereocenters. The van der Waals surface area contributed by atoms with E-state index in [1.54, 1.807) is 6.92 Å². The lowest BCUT2D eigenvalue weighted by Crippen LogP contribution is -2.32. The Morgan fingerprint density at radius 2 is 1.63 bits per heavy atom. The van der Waals surface area contributed by atoms with Crippen molar-refractivity contribution in [1.82, 2.24) is 0 Å². The molecule has 0 aromatic heterocycles. The number of halogens is 1. The quantitative estimate of drug-likeness (QED) is 0.451. The highest BCUT2D eigenvalue weighted by atomic mass is 35.5. The van der Waals surface area contributed by atoms with Crippen molar-refractivity contribution in [3.05, 3.63) is 65.7 Å². The molecule has 0 saturated heterocycles. The van der Waals surface area contributed by atoms with Crippen LogP contribution in [0, 0.1) is 0 Å². The highest BCUT2D eigenvalue weighted by Crippen LogP contribution is 2.16. The number of carbonyl (C=O) groups is 1. The van der Waals surface area contributed by atoms with Gasteiger partial charge in [0.15, 0.2) is 0 Å². The lowest BCUT2D eigenvalue weighted by atomic mass is 10.1. The number of unbranched alkanes of at least 4 members (excludes halogenated alkanes) is 2. The van der Waals surface area contributed by atoms with E-state index in [0.29, 0.717) is 19.6 Å². The van der Waals surface area contributed by atoms with Gasteiger partial charge in [-0.1, -0.05) is 48.9 Å². The Morgan fingerprint density at radius 3 is 2.30 bits per heavy atom. The molecular formula is C22H30ClNO3. The second-order valence-corrected chi connectivity index (χ2v) is 6.36. The predicted molar refractivity (Wildman–Crippen MR) is 112 cm³/mol. The number of rotatable bonds is 11.